The lowest BCUT2D eigenvalue weighted by atomic mass is 10.3. The van der Waals surface area contributed by atoms with Gasteiger partial charge in [0, 0.05) is 11.6 Å². The van der Waals surface area contributed by atoms with E-state index < -0.39 is 0 Å². The van der Waals surface area contributed by atoms with Crippen molar-refractivity contribution in [3.8, 4) is 5.75 Å². The lowest BCUT2D eigenvalue weighted by Gasteiger charge is -2.03. The fourth-order valence-electron chi connectivity index (χ4n) is 1.78. The molecule has 0 bridgehead atoms. The van der Waals surface area contributed by atoms with Crippen molar-refractivity contribution in [1.82, 2.24) is 15.2 Å². The van der Waals surface area contributed by atoms with Crippen LogP contribution in [-0.2, 0) is 0 Å². The molecule has 1 aliphatic carbocycles. The van der Waals surface area contributed by atoms with Gasteiger partial charge < -0.3 is 10.1 Å². The Hall–Kier alpha value is -2.37. The van der Waals surface area contributed by atoms with E-state index in [9.17, 15) is 4.79 Å². The van der Waals surface area contributed by atoms with Gasteiger partial charge >= 0.3 is 0 Å². The van der Waals surface area contributed by atoms with Crippen molar-refractivity contribution in [2.24, 2.45) is 0 Å². The first-order valence-corrected chi connectivity index (χ1v) is 6.14. The zero-order valence-electron chi connectivity index (χ0n) is 10.5. The Balaban J connectivity index is 1.68. The number of carbonyl (C=O) groups excluding carboxylic acids is 1. The molecule has 19 heavy (non-hydrogen) atoms. The maximum atomic E-state index is 11.9. The summed E-state index contributed by atoms with van der Waals surface area (Å²) in [5.41, 5.74) is 0.684. The molecule has 2 aromatic rings. The maximum absolute atomic E-state index is 11.9. The van der Waals surface area contributed by atoms with Crippen LogP contribution in [0.5, 0.6) is 5.75 Å². The minimum absolute atomic E-state index is 0.178. The predicted octanol–water partition coefficient (Wildman–Crippen LogP) is 1.94. The van der Waals surface area contributed by atoms with Crippen LogP contribution in [-0.4, -0.2) is 28.2 Å². The third kappa shape index (κ3) is 2.57. The molecule has 6 heteroatoms. The van der Waals surface area contributed by atoms with Crippen molar-refractivity contribution >= 4 is 11.6 Å². The van der Waals surface area contributed by atoms with Crippen molar-refractivity contribution in [2.75, 3.05) is 12.4 Å². The lowest BCUT2D eigenvalue weighted by Crippen LogP contribution is -2.13. The Labute approximate surface area is 110 Å². The van der Waals surface area contributed by atoms with Crippen LogP contribution in [0.1, 0.15) is 35.2 Å². The first-order chi connectivity index (χ1) is 9.26. The number of aromatic nitrogens is 3. The Morgan fingerprint density at radius 2 is 2.11 bits per heavy atom. The predicted molar refractivity (Wildman–Crippen MR) is 69.3 cm³/mol. The smallest absolute Gasteiger partial charge is 0.295 e. The molecule has 1 saturated carbocycles. The molecule has 0 spiro atoms. The highest BCUT2D eigenvalue weighted by atomic mass is 16.5. The average molecular weight is 258 g/mol. The molecule has 0 unspecified atom stereocenters. The van der Waals surface area contributed by atoms with Gasteiger partial charge in [0.05, 0.1) is 7.11 Å². The summed E-state index contributed by atoms with van der Waals surface area (Å²) >= 11 is 0. The highest BCUT2D eigenvalue weighted by Crippen LogP contribution is 2.37. The molecule has 1 heterocycles. The van der Waals surface area contributed by atoms with Crippen LogP contribution in [0.15, 0.2) is 24.3 Å². The van der Waals surface area contributed by atoms with Gasteiger partial charge in [-0.1, -0.05) is 0 Å². The summed E-state index contributed by atoms with van der Waals surface area (Å²) in [5.74, 6) is 1.87. The normalized spacial score (nSPS) is 14.2. The van der Waals surface area contributed by atoms with E-state index >= 15 is 0 Å². The number of aromatic amines is 1. The number of hydrogen-bond acceptors (Lipinski definition) is 4. The quantitative estimate of drug-likeness (QED) is 0.878. The number of benzene rings is 1. The van der Waals surface area contributed by atoms with Gasteiger partial charge in [0.2, 0.25) is 5.82 Å². The van der Waals surface area contributed by atoms with E-state index in [0.29, 0.717) is 11.6 Å². The first-order valence-electron chi connectivity index (χ1n) is 6.14. The monoisotopic (exact) mass is 258 g/mol. The van der Waals surface area contributed by atoms with Crippen LogP contribution in [0.3, 0.4) is 0 Å². The van der Waals surface area contributed by atoms with Crippen LogP contribution < -0.4 is 10.1 Å². The molecule has 2 N–H and O–H groups in total. The molecule has 0 aliphatic heterocycles. The van der Waals surface area contributed by atoms with Gasteiger partial charge in [0.25, 0.3) is 5.91 Å². The van der Waals surface area contributed by atoms with Crippen molar-refractivity contribution in [1.29, 1.82) is 0 Å². The zero-order chi connectivity index (χ0) is 13.2. The van der Waals surface area contributed by atoms with Crippen molar-refractivity contribution in [2.45, 2.75) is 18.8 Å². The maximum Gasteiger partial charge on any atom is 0.295 e. The number of carbonyl (C=O) groups is 1. The molecule has 1 aliphatic rings. The topological polar surface area (TPSA) is 79.9 Å². The third-order valence-corrected chi connectivity index (χ3v) is 3.02. The molecule has 0 atom stereocenters. The number of hydrogen-bond donors (Lipinski definition) is 2. The van der Waals surface area contributed by atoms with Gasteiger partial charge in [-0.3, -0.25) is 9.89 Å². The minimum Gasteiger partial charge on any atom is -0.497 e. The summed E-state index contributed by atoms with van der Waals surface area (Å²) in [5, 5.41) is 9.49. The molecule has 3 rings (SSSR count). The SMILES string of the molecule is COc1ccc(NC(=O)c2n[nH]c(C3CC3)n2)cc1. The van der Waals surface area contributed by atoms with E-state index in [-0.39, 0.29) is 11.7 Å². The second-order valence-electron chi connectivity index (χ2n) is 4.50. The molecule has 1 aromatic heterocycles. The Bertz CT molecular complexity index is 587. The van der Waals surface area contributed by atoms with Gasteiger partial charge in [-0.25, -0.2) is 4.98 Å². The number of methoxy groups -OCH3 is 1. The van der Waals surface area contributed by atoms with E-state index in [2.05, 4.69) is 20.5 Å². The molecular weight excluding hydrogens is 244 g/mol. The van der Waals surface area contributed by atoms with Crippen molar-refractivity contribution in [3.63, 3.8) is 0 Å². The van der Waals surface area contributed by atoms with Crippen molar-refractivity contribution in [3.05, 3.63) is 35.9 Å². The van der Waals surface area contributed by atoms with Crippen molar-refractivity contribution < 1.29 is 9.53 Å². The lowest BCUT2D eigenvalue weighted by molar-refractivity contribution is 0.101. The second kappa shape index (κ2) is 4.72. The Morgan fingerprint density at radius 1 is 1.37 bits per heavy atom. The standard InChI is InChI=1S/C13H14N4O2/c1-19-10-6-4-9(5-7-10)14-13(18)12-15-11(16-17-12)8-2-3-8/h4-8H,2-3H2,1H3,(H,14,18)(H,15,16,17). The second-order valence-corrected chi connectivity index (χ2v) is 4.50. The number of H-pyrrole nitrogens is 1. The number of rotatable bonds is 4. The van der Waals surface area contributed by atoms with Crippen LogP contribution in [0.4, 0.5) is 5.69 Å². The third-order valence-electron chi connectivity index (χ3n) is 3.02. The van der Waals surface area contributed by atoms with Gasteiger partial charge in [-0.2, -0.15) is 0 Å². The van der Waals surface area contributed by atoms with Crippen LogP contribution >= 0.6 is 0 Å². The summed E-state index contributed by atoms with van der Waals surface area (Å²) in [4.78, 5) is 16.1. The summed E-state index contributed by atoms with van der Waals surface area (Å²) in [6, 6.07) is 7.10. The molecule has 98 valence electrons. The fourth-order valence-corrected chi connectivity index (χ4v) is 1.78. The van der Waals surface area contributed by atoms with Gasteiger partial charge in [-0.05, 0) is 37.1 Å². The largest absolute Gasteiger partial charge is 0.497 e. The number of ether oxygens (including phenoxy) is 1. The highest BCUT2D eigenvalue weighted by Gasteiger charge is 2.28. The van der Waals surface area contributed by atoms with E-state index in [1.54, 1.807) is 31.4 Å². The Morgan fingerprint density at radius 3 is 2.74 bits per heavy atom. The molecule has 0 radical (unpaired) electrons. The Kier molecular flexibility index (Phi) is 2.91. The number of nitrogens with zero attached hydrogens (tertiary/aromatic N) is 2. The highest BCUT2D eigenvalue weighted by molar-refractivity contribution is 6.01. The van der Waals surface area contributed by atoms with Gasteiger partial charge in [0.1, 0.15) is 11.6 Å². The summed E-state index contributed by atoms with van der Waals surface area (Å²) in [6.07, 6.45) is 2.24. The molecule has 0 saturated heterocycles. The number of anilines is 1. The van der Waals surface area contributed by atoms with E-state index in [1.807, 2.05) is 0 Å². The minimum atomic E-state index is -0.312. The van der Waals surface area contributed by atoms with E-state index in [4.69, 9.17) is 4.74 Å². The fraction of sp³-hybridized carbons (Fsp3) is 0.308. The number of amides is 1. The van der Waals surface area contributed by atoms with E-state index in [1.165, 1.54) is 0 Å². The average Bonchev–Trinajstić information content (AvgIpc) is 3.17. The molecule has 1 fully saturated rings. The molecule has 1 amide bonds. The number of nitrogens with one attached hydrogen (secondary N) is 2. The molecule has 1 aromatic carbocycles. The van der Waals surface area contributed by atoms with Crippen LogP contribution in [0.2, 0.25) is 0 Å². The van der Waals surface area contributed by atoms with Gasteiger partial charge in [-0.15, -0.1) is 5.10 Å². The van der Waals surface area contributed by atoms with Gasteiger partial charge in [0.15, 0.2) is 0 Å². The molecule has 6 nitrogen and oxygen atoms in total. The summed E-state index contributed by atoms with van der Waals surface area (Å²) in [7, 11) is 1.60. The summed E-state index contributed by atoms with van der Waals surface area (Å²) in [6.45, 7) is 0. The zero-order valence-corrected chi connectivity index (χ0v) is 10.5. The first kappa shape index (κ1) is 11.7. The summed E-state index contributed by atoms with van der Waals surface area (Å²) < 4.78 is 5.05. The van der Waals surface area contributed by atoms with Crippen LogP contribution in [0, 0.1) is 0 Å². The van der Waals surface area contributed by atoms with E-state index in [0.717, 1.165) is 24.4 Å². The van der Waals surface area contributed by atoms with Crippen LogP contribution in [0.25, 0.3) is 0 Å². The molecular formula is C13H14N4O2.